The van der Waals surface area contributed by atoms with Crippen molar-refractivity contribution in [2.45, 2.75) is 51.9 Å². The van der Waals surface area contributed by atoms with E-state index in [-0.39, 0.29) is 5.41 Å². The number of aryl methyl sites for hydroxylation is 1. The Balaban J connectivity index is 1.64. The second kappa shape index (κ2) is 5.63. The van der Waals surface area contributed by atoms with Crippen molar-refractivity contribution in [2.24, 2.45) is 10.9 Å². The number of benzene rings is 1. The zero-order chi connectivity index (χ0) is 14.9. The van der Waals surface area contributed by atoms with Crippen LogP contribution in [0.25, 0.3) is 0 Å². The molecule has 110 valence electrons. The van der Waals surface area contributed by atoms with Crippen molar-refractivity contribution in [2.75, 3.05) is 0 Å². The van der Waals surface area contributed by atoms with Crippen LogP contribution in [0.1, 0.15) is 50.7 Å². The van der Waals surface area contributed by atoms with Crippen molar-refractivity contribution in [3.8, 4) is 0 Å². The van der Waals surface area contributed by atoms with Gasteiger partial charge in [0.15, 0.2) is 0 Å². The van der Waals surface area contributed by atoms with Gasteiger partial charge in [-0.25, -0.2) is 0 Å². The van der Waals surface area contributed by atoms with Crippen molar-refractivity contribution in [1.29, 1.82) is 0 Å². The summed E-state index contributed by atoms with van der Waals surface area (Å²) in [6, 6.07) is 6.67. The van der Waals surface area contributed by atoms with Crippen LogP contribution in [-0.4, -0.2) is 5.71 Å². The molecular formula is C20H25N. The predicted octanol–water partition coefficient (Wildman–Crippen LogP) is 5.66. The summed E-state index contributed by atoms with van der Waals surface area (Å²) >= 11 is 0. The highest BCUT2D eigenvalue weighted by Gasteiger charge is 2.36. The molecule has 0 spiro atoms. The zero-order valence-corrected chi connectivity index (χ0v) is 13.4. The van der Waals surface area contributed by atoms with Gasteiger partial charge in [-0.15, -0.1) is 0 Å². The summed E-state index contributed by atoms with van der Waals surface area (Å²) in [5, 5.41) is 0. The Labute approximate surface area is 128 Å². The summed E-state index contributed by atoms with van der Waals surface area (Å²) < 4.78 is 0. The van der Waals surface area contributed by atoms with Gasteiger partial charge in [0, 0.05) is 11.1 Å². The standard InChI is InChI=1S/C20H25N/c1-15-11-12-19-18(14-15)20(3,16(2)21-19)13-7-6-10-17-8-4-5-9-17/h4-5,8-9,11-12,14,17H,6-7,10,13H2,1-3H3. The molecule has 0 radical (unpaired) electrons. The highest BCUT2D eigenvalue weighted by molar-refractivity contribution is 5.99. The maximum atomic E-state index is 4.80. The first-order valence-electron chi connectivity index (χ1n) is 8.11. The molecule has 0 aromatic heterocycles. The van der Waals surface area contributed by atoms with Gasteiger partial charge in [0.05, 0.1) is 5.69 Å². The molecule has 3 rings (SSSR count). The first-order chi connectivity index (χ1) is 10.1. The molecule has 21 heavy (non-hydrogen) atoms. The van der Waals surface area contributed by atoms with Crippen LogP contribution in [0.4, 0.5) is 5.69 Å². The summed E-state index contributed by atoms with van der Waals surface area (Å²) in [6.45, 7) is 6.73. The molecule has 0 saturated carbocycles. The van der Waals surface area contributed by atoms with Crippen LogP contribution in [0.3, 0.4) is 0 Å². The van der Waals surface area contributed by atoms with E-state index in [2.05, 4.69) is 63.3 Å². The fourth-order valence-corrected chi connectivity index (χ4v) is 3.53. The summed E-state index contributed by atoms with van der Waals surface area (Å²) in [7, 11) is 0. The summed E-state index contributed by atoms with van der Waals surface area (Å²) in [5.41, 5.74) is 5.38. The van der Waals surface area contributed by atoms with Gasteiger partial charge in [-0.3, -0.25) is 4.99 Å². The van der Waals surface area contributed by atoms with Gasteiger partial charge in [-0.2, -0.15) is 0 Å². The lowest BCUT2D eigenvalue weighted by Gasteiger charge is -2.26. The monoisotopic (exact) mass is 279 g/mol. The molecule has 1 aliphatic carbocycles. The van der Waals surface area contributed by atoms with Crippen LogP contribution in [0.15, 0.2) is 47.5 Å². The minimum absolute atomic E-state index is 0.142. The average Bonchev–Trinajstić information content (AvgIpc) is 3.05. The Morgan fingerprint density at radius 3 is 2.62 bits per heavy atom. The zero-order valence-electron chi connectivity index (χ0n) is 13.4. The molecule has 0 saturated heterocycles. The second-order valence-corrected chi connectivity index (χ2v) is 6.73. The minimum atomic E-state index is 0.142. The highest BCUT2D eigenvalue weighted by atomic mass is 14.8. The fourth-order valence-electron chi connectivity index (χ4n) is 3.53. The molecule has 0 amide bonds. The maximum Gasteiger partial charge on any atom is 0.0670 e. The number of fused-ring (bicyclic) bond motifs is 1. The summed E-state index contributed by atoms with van der Waals surface area (Å²) in [5.74, 6) is 0.672. The minimum Gasteiger partial charge on any atom is -0.257 e. The molecule has 1 aromatic carbocycles. The Hall–Kier alpha value is -1.63. The van der Waals surface area contributed by atoms with Gasteiger partial charge in [0.25, 0.3) is 0 Å². The third-order valence-electron chi connectivity index (χ3n) is 5.13. The molecule has 1 aromatic rings. The van der Waals surface area contributed by atoms with E-state index in [1.54, 1.807) is 0 Å². The Kier molecular flexibility index (Phi) is 3.84. The van der Waals surface area contributed by atoms with Gasteiger partial charge in [-0.05, 0) is 44.2 Å². The maximum absolute atomic E-state index is 4.80. The highest BCUT2D eigenvalue weighted by Crippen LogP contribution is 2.43. The summed E-state index contributed by atoms with van der Waals surface area (Å²) in [6.07, 6.45) is 14.0. The van der Waals surface area contributed by atoms with E-state index in [0.29, 0.717) is 5.92 Å². The average molecular weight is 279 g/mol. The topological polar surface area (TPSA) is 12.4 Å². The third kappa shape index (κ3) is 2.74. The van der Waals surface area contributed by atoms with E-state index in [1.165, 1.54) is 48.2 Å². The van der Waals surface area contributed by atoms with E-state index in [9.17, 15) is 0 Å². The Bertz CT molecular complexity index is 609. The van der Waals surface area contributed by atoms with Crippen molar-refractivity contribution in [3.63, 3.8) is 0 Å². The van der Waals surface area contributed by atoms with E-state index < -0.39 is 0 Å². The number of aliphatic imine (C=N–C) groups is 1. The van der Waals surface area contributed by atoms with Crippen molar-refractivity contribution in [1.82, 2.24) is 0 Å². The van der Waals surface area contributed by atoms with Gasteiger partial charge >= 0.3 is 0 Å². The Morgan fingerprint density at radius 2 is 1.86 bits per heavy atom. The fraction of sp³-hybridized carbons (Fsp3) is 0.450. The largest absolute Gasteiger partial charge is 0.257 e. The molecule has 1 heteroatoms. The molecule has 1 nitrogen and oxygen atoms in total. The SMILES string of the molecule is CC1=Nc2ccc(C)cc2C1(C)CCCCC1C=CC=C1. The molecule has 0 fully saturated rings. The number of hydrogen-bond donors (Lipinski definition) is 0. The van der Waals surface area contributed by atoms with Crippen LogP contribution < -0.4 is 0 Å². The normalized spacial score (nSPS) is 23.7. The molecule has 1 aliphatic heterocycles. The number of unbranched alkanes of at least 4 members (excludes halogenated alkanes) is 1. The molecule has 0 bridgehead atoms. The predicted molar refractivity (Wildman–Crippen MR) is 91.5 cm³/mol. The quantitative estimate of drug-likeness (QED) is 0.616. The van der Waals surface area contributed by atoms with Gasteiger partial charge < -0.3 is 0 Å². The lowest BCUT2D eigenvalue weighted by atomic mass is 9.75. The lowest BCUT2D eigenvalue weighted by Crippen LogP contribution is -2.27. The number of hydrogen-bond acceptors (Lipinski definition) is 1. The van der Waals surface area contributed by atoms with Crippen LogP contribution in [-0.2, 0) is 5.41 Å². The molecule has 0 N–H and O–H groups in total. The number of rotatable bonds is 5. The molecule has 1 heterocycles. The number of allylic oxidation sites excluding steroid dienone is 4. The Morgan fingerprint density at radius 1 is 1.10 bits per heavy atom. The number of nitrogens with zero attached hydrogens (tertiary/aromatic N) is 1. The van der Waals surface area contributed by atoms with E-state index in [0.717, 1.165) is 0 Å². The van der Waals surface area contributed by atoms with E-state index in [4.69, 9.17) is 4.99 Å². The van der Waals surface area contributed by atoms with Crippen molar-refractivity contribution < 1.29 is 0 Å². The van der Waals surface area contributed by atoms with E-state index >= 15 is 0 Å². The van der Waals surface area contributed by atoms with Gasteiger partial charge in [0.2, 0.25) is 0 Å². The second-order valence-electron chi connectivity index (χ2n) is 6.73. The van der Waals surface area contributed by atoms with Crippen LogP contribution in [0, 0.1) is 12.8 Å². The molecule has 2 aliphatic rings. The lowest BCUT2D eigenvalue weighted by molar-refractivity contribution is 0.512. The van der Waals surface area contributed by atoms with Crippen LogP contribution >= 0.6 is 0 Å². The van der Waals surface area contributed by atoms with E-state index in [1.807, 2.05) is 0 Å². The van der Waals surface area contributed by atoms with Crippen LogP contribution in [0.2, 0.25) is 0 Å². The summed E-state index contributed by atoms with van der Waals surface area (Å²) in [4.78, 5) is 4.80. The molecular weight excluding hydrogens is 254 g/mol. The third-order valence-corrected chi connectivity index (χ3v) is 5.13. The first kappa shape index (κ1) is 14.3. The first-order valence-corrected chi connectivity index (χ1v) is 8.11. The van der Waals surface area contributed by atoms with Crippen molar-refractivity contribution >= 4 is 11.4 Å². The smallest absolute Gasteiger partial charge is 0.0670 e. The van der Waals surface area contributed by atoms with Gasteiger partial charge in [0.1, 0.15) is 0 Å². The molecule has 1 unspecified atom stereocenters. The van der Waals surface area contributed by atoms with Gasteiger partial charge in [-0.1, -0.05) is 61.8 Å². The molecule has 1 atom stereocenters. The van der Waals surface area contributed by atoms with Crippen molar-refractivity contribution in [3.05, 3.63) is 53.6 Å². The van der Waals surface area contributed by atoms with Crippen LogP contribution in [0.5, 0.6) is 0 Å².